The maximum Gasteiger partial charge on any atom is 0.255 e. The van der Waals surface area contributed by atoms with Crippen molar-refractivity contribution in [1.29, 1.82) is 0 Å². The van der Waals surface area contributed by atoms with Gasteiger partial charge in [-0.1, -0.05) is 6.07 Å². The Balaban J connectivity index is 1.60. The van der Waals surface area contributed by atoms with E-state index in [0.717, 1.165) is 42.6 Å². The largest absolute Gasteiger partial charge is 0.496 e. The first-order chi connectivity index (χ1) is 12.7. The van der Waals surface area contributed by atoms with Gasteiger partial charge in [-0.3, -0.25) is 4.79 Å². The number of hydrogen-bond acceptors (Lipinski definition) is 6. The molecule has 3 rings (SSSR count). The third-order valence-corrected chi connectivity index (χ3v) is 4.98. The van der Waals surface area contributed by atoms with Crippen LogP contribution in [0, 0.1) is 0 Å². The van der Waals surface area contributed by atoms with Gasteiger partial charge in [0.25, 0.3) is 5.91 Å². The van der Waals surface area contributed by atoms with E-state index in [0.29, 0.717) is 17.9 Å². The summed E-state index contributed by atoms with van der Waals surface area (Å²) in [6.45, 7) is 3.60. The highest BCUT2D eigenvalue weighted by Gasteiger charge is 2.14. The van der Waals surface area contributed by atoms with Crippen LogP contribution in [0.3, 0.4) is 0 Å². The van der Waals surface area contributed by atoms with E-state index >= 15 is 0 Å². The van der Waals surface area contributed by atoms with Crippen molar-refractivity contribution in [1.82, 2.24) is 10.3 Å². The maximum absolute atomic E-state index is 12.5. The van der Waals surface area contributed by atoms with Crippen molar-refractivity contribution in [2.75, 3.05) is 44.6 Å². The number of morpholine rings is 1. The Morgan fingerprint density at radius 3 is 2.77 bits per heavy atom. The highest BCUT2D eigenvalue weighted by atomic mass is 32.2. The summed E-state index contributed by atoms with van der Waals surface area (Å²) in [4.78, 5) is 20.2. The first-order valence-corrected chi connectivity index (χ1v) is 9.71. The second-order valence-corrected chi connectivity index (χ2v) is 6.75. The third kappa shape index (κ3) is 4.47. The number of ether oxygens (including phenoxy) is 2. The lowest BCUT2D eigenvalue weighted by molar-refractivity contribution is 0.0947. The maximum atomic E-state index is 12.5. The molecule has 1 aliphatic heterocycles. The molecule has 1 N–H and O–H groups in total. The van der Waals surface area contributed by atoms with Crippen LogP contribution in [0.5, 0.6) is 5.75 Å². The molecule has 26 heavy (non-hydrogen) atoms. The Hall–Kier alpha value is -2.25. The van der Waals surface area contributed by atoms with Crippen molar-refractivity contribution in [3.05, 3.63) is 47.7 Å². The molecule has 0 unspecified atom stereocenters. The molecule has 1 fully saturated rings. The van der Waals surface area contributed by atoms with Crippen molar-refractivity contribution in [3.8, 4) is 5.75 Å². The number of thioether (sulfide) groups is 1. The monoisotopic (exact) mass is 373 g/mol. The quantitative estimate of drug-likeness (QED) is 0.786. The molecule has 0 spiro atoms. The predicted molar refractivity (Wildman–Crippen MR) is 103 cm³/mol. The summed E-state index contributed by atoms with van der Waals surface area (Å²) in [5.41, 5.74) is 1.48. The average molecular weight is 373 g/mol. The molecule has 7 heteroatoms. The highest BCUT2D eigenvalue weighted by Crippen LogP contribution is 2.25. The molecule has 6 nitrogen and oxygen atoms in total. The summed E-state index contributed by atoms with van der Waals surface area (Å²) >= 11 is 1.61. The molecule has 1 aromatic heterocycles. The molecule has 0 saturated carbocycles. The minimum absolute atomic E-state index is 0.160. The molecule has 1 aromatic carbocycles. The molecular weight excluding hydrogens is 350 g/mol. The Labute approximate surface area is 157 Å². The summed E-state index contributed by atoms with van der Waals surface area (Å²) in [6.07, 6.45) is 3.79. The van der Waals surface area contributed by atoms with Crippen LogP contribution in [0.1, 0.15) is 15.9 Å². The van der Waals surface area contributed by atoms with Gasteiger partial charge in [-0.15, -0.1) is 11.8 Å². The number of hydrogen-bond donors (Lipinski definition) is 1. The van der Waals surface area contributed by atoms with Gasteiger partial charge in [0.1, 0.15) is 11.6 Å². The van der Waals surface area contributed by atoms with E-state index in [1.807, 2.05) is 30.5 Å². The molecule has 138 valence electrons. The van der Waals surface area contributed by atoms with Gasteiger partial charge in [-0.05, 0) is 36.1 Å². The Morgan fingerprint density at radius 2 is 2.12 bits per heavy atom. The number of methoxy groups -OCH3 is 1. The predicted octanol–water partition coefficient (Wildman–Crippen LogP) is 2.58. The standard InChI is InChI=1S/C19H23N3O3S/c1-24-17-11-15(26-2)4-5-16(17)19(23)21-13-14-3-6-18(20-12-14)22-7-9-25-10-8-22/h3-6,11-12H,7-10,13H2,1-2H3,(H,21,23). The number of carbonyl (C=O) groups is 1. The molecule has 0 bridgehead atoms. The molecule has 1 saturated heterocycles. The molecular formula is C19H23N3O3S. The number of amides is 1. The number of pyridine rings is 1. The molecule has 0 atom stereocenters. The van der Waals surface area contributed by atoms with E-state index in [9.17, 15) is 4.79 Å². The highest BCUT2D eigenvalue weighted by molar-refractivity contribution is 7.98. The van der Waals surface area contributed by atoms with Gasteiger partial charge in [0.05, 0.1) is 25.9 Å². The molecule has 1 aliphatic rings. The van der Waals surface area contributed by atoms with Gasteiger partial charge >= 0.3 is 0 Å². The molecule has 2 heterocycles. The summed E-state index contributed by atoms with van der Waals surface area (Å²) in [5, 5.41) is 2.93. The van der Waals surface area contributed by atoms with Crippen molar-refractivity contribution >= 4 is 23.5 Å². The zero-order valence-corrected chi connectivity index (χ0v) is 15.8. The van der Waals surface area contributed by atoms with Crippen molar-refractivity contribution in [2.45, 2.75) is 11.4 Å². The number of nitrogens with one attached hydrogen (secondary N) is 1. The second-order valence-electron chi connectivity index (χ2n) is 5.87. The molecule has 0 aliphatic carbocycles. The lowest BCUT2D eigenvalue weighted by atomic mass is 10.2. The number of nitrogens with zero attached hydrogens (tertiary/aromatic N) is 2. The Bertz CT molecular complexity index is 746. The Morgan fingerprint density at radius 1 is 1.31 bits per heavy atom. The number of benzene rings is 1. The SMILES string of the molecule is COc1cc(SC)ccc1C(=O)NCc1ccc(N2CCOCC2)nc1. The first kappa shape index (κ1) is 18.5. The van der Waals surface area contributed by atoms with E-state index < -0.39 is 0 Å². The van der Waals surface area contributed by atoms with Gasteiger partial charge < -0.3 is 19.7 Å². The summed E-state index contributed by atoms with van der Waals surface area (Å²) < 4.78 is 10.7. The van der Waals surface area contributed by atoms with E-state index in [4.69, 9.17) is 9.47 Å². The average Bonchev–Trinajstić information content (AvgIpc) is 2.72. The minimum Gasteiger partial charge on any atom is -0.496 e. The zero-order valence-electron chi connectivity index (χ0n) is 15.0. The van der Waals surface area contributed by atoms with E-state index in [-0.39, 0.29) is 5.91 Å². The molecule has 1 amide bonds. The fraction of sp³-hybridized carbons (Fsp3) is 0.368. The lowest BCUT2D eigenvalue weighted by Gasteiger charge is -2.27. The van der Waals surface area contributed by atoms with Crippen LogP contribution in [0.25, 0.3) is 0 Å². The number of carbonyl (C=O) groups excluding carboxylic acids is 1. The van der Waals surface area contributed by atoms with E-state index in [1.54, 1.807) is 31.1 Å². The van der Waals surface area contributed by atoms with Crippen molar-refractivity contribution < 1.29 is 14.3 Å². The fourth-order valence-corrected chi connectivity index (χ4v) is 3.19. The van der Waals surface area contributed by atoms with Crippen LogP contribution >= 0.6 is 11.8 Å². The summed E-state index contributed by atoms with van der Waals surface area (Å²) in [5.74, 6) is 1.36. The van der Waals surface area contributed by atoms with Crippen LogP contribution in [-0.4, -0.2) is 50.6 Å². The zero-order chi connectivity index (χ0) is 18.4. The smallest absolute Gasteiger partial charge is 0.255 e. The third-order valence-electron chi connectivity index (χ3n) is 4.25. The Kier molecular flexibility index (Phi) is 6.35. The van der Waals surface area contributed by atoms with Crippen LogP contribution in [0.2, 0.25) is 0 Å². The first-order valence-electron chi connectivity index (χ1n) is 8.49. The normalized spacial score (nSPS) is 14.2. The molecule has 2 aromatic rings. The van der Waals surface area contributed by atoms with Gasteiger partial charge in [0, 0.05) is 30.7 Å². The van der Waals surface area contributed by atoms with Gasteiger partial charge in [-0.2, -0.15) is 0 Å². The number of anilines is 1. The second kappa shape index (κ2) is 8.91. The topological polar surface area (TPSA) is 63.7 Å². The van der Waals surface area contributed by atoms with Crippen LogP contribution in [0.4, 0.5) is 5.82 Å². The van der Waals surface area contributed by atoms with Crippen LogP contribution < -0.4 is 15.0 Å². The van der Waals surface area contributed by atoms with Crippen LogP contribution in [0.15, 0.2) is 41.4 Å². The lowest BCUT2D eigenvalue weighted by Crippen LogP contribution is -2.36. The summed E-state index contributed by atoms with van der Waals surface area (Å²) in [7, 11) is 1.57. The van der Waals surface area contributed by atoms with E-state index in [1.165, 1.54) is 0 Å². The van der Waals surface area contributed by atoms with Crippen LogP contribution in [-0.2, 0) is 11.3 Å². The number of rotatable bonds is 6. The van der Waals surface area contributed by atoms with Gasteiger partial charge in [0.15, 0.2) is 0 Å². The van der Waals surface area contributed by atoms with Gasteiger partial charge in [0.2, 0.25) is 0 Å². The van der Waals surface area contributed by atoms with Gasteiger partial charge in [-0.25, -0.2) is 4.98 Å². The van der Waals surface area contributed by atoms with E-state index in [2.05, 4.69) is 15.2 Å². The minimum atomic E-state index is -0.160. The summed E-state index contributed by atoms with van der Waals surface area (Å²) in [6, 6.07) is 9.56. The fourth-order valence-electron chi connectivity index (χ4n) is 2.76. The van der Waals surface area contributed by atoms with Crippen molar-refractivity contribution in [2.24, 2.45) is 0 Å². The molecule has 0 radical (unpaired) electrons. The van der Waals surface area contributed by atoms with Crippen molar-refractivity contribution in [3.63, 3.8) is 0 Å². The number of aromatic nitrogens is 1.